The van der Waals surface area contributed by atoms with Crippen molar-refractivity contribution in [3.8, 4) is 0 Å². The van der Waals surface area contributed by atoms with Crippen LogP contribution in [0.15, 0.2) is 42.7 Å². The van der Waals surface area contributed by atoms with Crippen LogP contribution in [0.5, 0.6) is 0 Å². The predicted molar refractivity (Wildman–Crippen MR) is 85.4 cm³/mol. The third-order valence-electron chi connectivity index (χ3n) is 3.20. The Bertz CT molecular complexity index is 543. The highest BCUT2D eigenvalue weighted by Crippen LogP contribution is 2.29. The zero-order chi connectivity index (χ0) is 14.4. The molecule has 1 aromatic heterocycles. The first-order chi connectivity index (χ1) is 9.72. The van der Waals surface area contributed by atoms with Gasteiger partial charge in [-0.1, -0.05) is 42.3 Å². The molecule has 0 amide bonds. The summed E-state index contributed by atoms with van der Waals surface area (Å²) < 4.78 is 0. The normalized spacial score (nSPS) is 12.3. The Morgan fingerprint density at radius 1 is 1.15 bits per heavy atom. The number of halogens is 2. The molecule has 2 aromatic rings. The second-order valence-electron chi connectivity index (χ2n) is 4.70. The van der Waals surface area contributed by atoms with Crippen molar-refractivity contribution in [3.63, 3.8) is 0 Å². The number of benzene rings is 1. The third kappa shape index (κ3) is 3.95. The van der Waals surface area contributed by atoms with Crippen LogP contribution in [-0.4, -0.2) is 11.5 Å². The van der Waals surface area contributed by atoms with Gasteiger partial charge >= 0.3 is 0 Å². The van der Waals surface area contributed by atoms with E-state index in [2.05, 4.69) is 17.2 Å². The minimum absolute atomic E-state index is 0.217. The highest BCUT2D eigenvalue weighted by molar-refractivity contribution is 6.42. The maximum atomic E-state index is 6.29. The van der Waals surface area contributed by atoms with Crippen LogP contribution in [0.4, 0.5) is 0 Å². The number of hydrogen-bond donors (Lipinski definition) is 1. The van der Waals surface area contributed by atoms with Crippen LogP contribution in [0.3, 0.4) is 0 Å². The fraction of sp³-hybridized carbons (Fsp3) is 0.312. The lowest BCUT2D eigenvalue weighted by molar-refractivity contribution is 0.529. The predicted octanol–water partition coefficient (Wildman–Crippen LogP) is 4.67. The number of aromatic nitrogens is 1. The van der Waals surface area contributed by atoms with Gasteiger partial charge in [0.25, 0.3) is 0 Å². The van der Waals surface area contributed by atoms with Gasteiger partial charge in [0, 0.05) is 18.4 Å². The average molecular weight is 309 g/mol. The number of pyridine rings is 1. The quantitative estimate of drug-likeness (QED) is 0.838. The zero-order valence-corrected chi connectivity index (χ0v) is 13.0. The van der Waals surface area contributed by atoms with Crippen molar-refractivity contribution in [1.82, 2.24) is 10.3 Å². The molecule has 106 valence electrons. The molecule has 0 spiro atoms. The van der Waals surface area contributed by atoms with E-state index in [1.54, 1.807) is 0 Å². The molecule has 2 rings (SSSR count). The molecule has 1 N–H and O–H groups in total. The second kappa shape index (κ2) is 7.63. The zero-order valence-electron chi connectivity index (χ0n) is 11.4. The molecule has 0 bridgehead atoms. The van der Waals surface area contributed by atoms with Crippen molar-refractivity contribution in [3.05, 3.63) is 63.9 Å². The summed E-state index contributed by atoms with van der Waals surface area (Å²) in [4.78, 5) is 4.07. The third-order valence-corrected chi connectivity index (χ3v) is 4.06. The van der Waals surface area contributed by atoms with Gasteiger partial charge in [-0.05, 0) is 48.7 Å². The van der Waals surface area contributed by atoms with E-state index in [9.17, 15) is 0 Å². The van der Waals surface area contributed by atoms with Gasteiger partial charge in [0.1, 0.15) is 0 Å². The summed E-state index contributed by atoms with van der Waals surface area (Å²) in [6.07, 6.45) is 5.53. The number of hydrogen-bond acceptors (Lipinski definition) is 2. The van der Waals surface area contributed by atoms with Crippen molar-refractivity contribution in [2.45, 2.75) is 25.8 Å². The van der Waals surface area contributed by atoms with Gasteiger partial charge < -0.3 is 5.32 Å². The van der Waals surface area contributed by atoms with Crippen LogP contribution in [0, 0.1) is 0 Å². The van der Waals surface area contributed by atoms with Crippen molar-refractivity contribution >= 4 is 23.2 Å². The SMILES string of the molecule is CCCNC(Cc1cccc(Cl)c1Cl)c1ccncc1. The summed E-state index contributed by atoms with van der Waals surface area (Å²) in [6, 6.07) is 10.1. The topological polar surface area (TPSA) is 24.9 Å². The lowest BCUT2D eigenvalue weighted by Crippen LogP contribution is -2.24. The van der Waals surface area contributed by atoms with Crippen LogP contribution in [-0.2, 0) is 6.42 Å². The minimum Gasteiger partial charge on any atom is -0.310 e. The first-order valence-electron chi connectivity index (χ1n) is 6.78. The van der Waals surface area contributed by atoms with E-state index in [0.717, 1.165) is 24.9 Å². The highest BCUT2D eigenvalue weighted by atomic mass is 35.5. The maximum absolute atomic E-state index is 6.29. The van der Waals surface area contributed by atoms with E-state index in [4.69, 9.17) is 23.2 Å². The fourth-order valence-corrected chi connectivity index (χ4v) is 2.55. The highest BCUT2D eigenvalue weighted by Gasteiger charge is 2.14. The number of rotatable bonds is 6. The lowest BCUT2D eigenvalue weighted by atomic mass is 9.99. The first-order valence-corrected chi connectivity index (χ1v) is 7.54. The van der Waals surface area contributed by atoms with Gasteiger partial charge in [-0.25, -0.2) is 0 Å². The fourth-order valence-electron chi connectivity index (χ4n) is 2.15. The first kappa shape index (κ1) is 15.3. The summed E-state index contributed by atoms with van der Waals surface area (Å²) in [6.45, 7) is 3.12. The second-order valence-corrected chi connectivity index (χ2v) is 5.49. The largest absolute Gasteiger partial charge is 0.310 e. The van der Waals surface area contributed by atoms with Crippen molar-refractivity contribution in [2.24, 2.45) is 0 Å². The molecule has 4 heteroatoms. The maximum Gasteiger partial charge on any atom is 0.0624 e. The summed E-state index contributed by atoms with van der Waals surface area (Å²) in [5.41, 5.74) is 2.27. The smallest absolute Gasteiger partial charge is 0.0624 e. The summed E-state index contributed by atoms with van der Waals surface area (Å²) >= 11 is 12.4. The van der Waals surface area contributed by atoms with Crippen LogP contribution in [0.25, 0.3) is 0 Å². The molecular weight excluding hydrogens is 291 g/mol. The Hall–Kier alpha value is -1.09. The molecule has 2 nitrogen and oxygen atoms in total. The van der Waals surface area contributed by atoms with Crippen molar-refractivity contribution < 1.29 is 0 Å². The molecule has 1 atom stereocenters. The summed E-state index contributed by atoms with van der Waals surface area (Å²) in [7, 11) is 0. The Kier molecular flexibility index (Phi) is 5.84. The molecule has 0 aliphatic heterocycles. The molecule has 0 radical (unpaired) electrons. The number of nitrogens with one attached hydrogen (secondary N) is 1. The molecule has 0 saturated carbocycles. The molecule has 0 aliphatic carbocycles. The average Bonchev–Trinajstić information content (AvgIpc) is 2.48. The molecule has 0 fully saturated rings. The van der Waals surface area contributed by atoms with E-state index < -0.39 is 0 Å². The Morgan fingerprint density at radius 2 is 1.90 bits per heavy atom. The van der Waals surface area contributed by atoms with E-state index in [0.29, 0.717) is 10.0 Å². The minimum atomic E-state index is 0.217. The number of nitrogens with zero attached hydrogens (tertiary/aromatic N) is 1. The Morgan fingerprint density at radius 3 is 2.60 bits per heavy atom. The summed E-state index contributed by atoms with van der Waals surface area (Å²) in [5, 5.41) is 4.80. The molecule has 1 heterocycles. The van der Waals surface area contributed by atoms with Gasteiger partial charge in [0.2, 0.25) is 0 Å². The van der Waals surface area contributed by atoms with Gasteiger partial charge in [-0.3, -0.25) is 4.98 Å². The van der Waals surface area contributed by atoms with Crippen LogP contribution in [0.2, 0.25) is 10.0 Å². The molecule has 20 heavy (non-hydrogen) atoms. The van der Waals surface area contributed by atoms with Crippen molar-refractivity contribution in [1.29, 1.82) is 0 Å². The van der Waals surface area contributed by atoms with Crippen LogP contribution in [0.1, 0.15) is 30.5 Å². The van der Waals surface area contributed by atoms with Crippen LogP contribution >= 0.6 is 23.2 Å². The monoisotopic (exact) mass is 308 g/mol. The molecular formula is C16H18Cl2N2. The molecule has 0 saturated heterocycles. The Balaban J connectivity index is 2.21. The van der Waals surface area contributed by atoms with E-state index in [-0.39, 0.29) is 6.04 Å². The van der Waals surface area contributed by atoms with Crippen molar-refractivity contribution in [2.75, 3.05) is 6.54 Å². The van der Waals surface area contributed by atoms with Gasteiger partial charge in [0.15, 0.2) is 0 Å². The molecule has 1 aromatic carbocycles. The van der Waals surface area contributed by atoms with E-state index in [1.807, 2.05) is 42.7 Å². The van der Waals surface area contributed by atoms with Gasteiger partial charge in [0.05, 0.1) is 10.0 Å². The standard InChI is InChI=1S/C16H18Cl2N2/c1-2-8-20-15(12-6-9-19-10-7-12)11-13-4-3-5-14(17)16(13)18/h3-7,9-10,15,20H,2,8,11H2,1H3. The van der Waals surface area contributed by atoms with E-state index >= 15 is 0 Å². The van der Waals surface area contributed by atoms with E-state index in [1.165, 1.54) is 5.56 Å². The Labute approximate surface area is 130 Å². The molecule has 0 aliphatic rings. The molecule has 1 unspecified atom stereocenters. The van der Waals surface area contributed by atoms with Crippen LogP contribution < -0.4 is 5.32 Å². The van der Waals surface area contributed by atoms with Gasteiger partial charge in [-0.15, -0.1) is 0 Å². The van der Waals surface area contributed by atoms with Gasteiger partial charge in [-0.2, -0.15) is 0 Å². The lowest BCUT2D eigenvalue weighted by Gasteiger charge is -2.20. The summed E-state index contributed by atoms with van der Waals surface area (Å²) in [5.74, 6) is 0.